The summed E-state index contributed by atoms with van der Waals surface area (Å²) in [4.78, 5) is 11.1. The van der Waals surface area contributed by atoms with E-state index in [-0.39, 0.29) is 16.8 Å². The lowest BCUT2D eigenvalue weighted by atomic mass is 9.88. The van der Waals surface area contributed by atoms with E-state index < -0.39 is 12.7 Å². The second-order valence-corrected chi connectivity index (χ2v) is 8.88. The van der Waals surface area contributed by atoms with E-state index in [4.69, 9.17) is 33.3 Å². The van der Waals surface area contributed by atoms with E-state index in [1.165, 1.54) is 0 Å². The first-order chi connectivity index (χ1) is 15.7. The fraction of sp³-hybridized carbons (Fsp3) is 0.476. The first kappa shape index (κ1) is 24.0. The van der Waals surface area contributed by atoms with Crippen LogP contribution in [-0.4, -0.2) is 66.1 Å². The highest BCUT2D eigenvalue weighted by Crippen LogP contribution is 2.36. The normalized spacial score (nSPS) is 19.2. The highest BCUT2D eigenvalue weighted by molar-refractivity contribution is 6.32. The summed E-state index contributed by atoms with van der Waals surface area (Å²) >= 11 is 12.5. The van der Waals surface area contributed by atoms with Crippen LogP contribution in [0.1, 0.15) is 24.3 Å². The second-order valence-electron chi connectivity index (χ2n) is 8.09. The molecular weight excluding hydrogens is 480 g/mol. The Kier molecular flexibility index (Phi) is 7.28. The van der Waals surface area contributed by atoms with Crippen molar-refractivity contribution in [3.8, 4) is 0 Å². The fourth-order valence-corrected chi connectivity index (χ4v) is 4.49. The van der Waals surface area contributed by atoms with Crippen molar-refractivity contribution in [2.45, 2.75) is 31.0 Å². The zero-order chi connectivity index (χ0) is 23.6. The smallest absolute Gasteiger partial charge is 0.378 e. The number of likely N-dealkylation sites (tertiary alicyclic amines) is 1. The molecule has 2 aromatic rings. The Hall–Kier alpha value is -2.14. The maximum Gasteiger partial charge on any atom is 0.405 e. The molecule has 0 aliphatic carbocycles. The molecule has 3 N–H and O–H groups in total. The van der Waals surface area contributed by atoms with Gasteiger partial charge in [-0.25, -0.2) is 9.97 Å². The maximum absolute atomic E-state index is 12.4. The van der Waals surface area contributed by atoms with E-state index in [0.717, 1.165) is 56.3 Å². The highest BCUT2D eigenvalue weighted by Gasteiger charge is 2.31. The third kappa shape index (κ3) is 5.87. The number of benzene rings is 1. The average molecular weight is 503 g/mol. The van der Waals surface area contributed by atoms with Gasteiger partial charge in [-0.15, -0.1) is 0 Å². The van der Waals surface area contributed by atoms with Crippen LogP contribution in [0.25, 0.3) is 10.9 Å². The number of alkyl halides is 3. The van der Waals surface area contributed by atoms with Crippen molar-refractivity contribution in [3.63, 3.8) is 0 Å². The van der Waals surface area contributed by atoms with Gasteiger partial charge in [0, 0.05) is 22.8 Å². The Labute approximate surface area is 198 Å². The predicted molar refractivity (Wildman–Crippen MR) is 122 cm³/mol. The monoisotopic (exact) mass is 502 g/mol. The minimum atomic E-state index is -4.44. The largest absolute Gasteiger partial charge is 0.405 e. The van der Waals surface area contributed by atoms with E-state index in [9.17, 15) is 13.2 Å². The number of hydrogen-bond acceptors (Lipinski definition) is 7. The zero-order valence-corrected chi connectivity index (χ0v) is 19.1. The quantitative estimate of drug-likeness (QED) is 0.382. The standard InChI is InChI=1S/C21H23Cl2F3N6O/c22-16-5-13-8-28-20(31-18(7-27)19(23)29-11-21(24,25)26)30-17(13)6-15(16)12-1-3-32(4-2-12)14-9-33-10-14/h5-8,12,14,27,29H,1-4,9-11H2,(H,28,30,31)/b19-18+,27-7?. The molecule has 2 fully saturated rings. The molecule has 0 amide bonds. The van der Waals surface area contributed by atoms with Crippen LogP contribution in [0.4, 0.5) is 19.1 Å². The number of ether oxygens (including phenoxy) is 1. The molecule has 2 aliphatic rings. The Bertz CT molecular complexity index is 1050. The molecule has 33 heavy (non-hydrogen) atoms. The van der Waals surface area contributed by atoms with Crippen LogP contribution in [0.3, 0.4) is 0 Å². The molecule has 2 aliphatic heterocycles. The number of halogens is 5. The van der Waals surface area contributed by atoms with Crippen LogP contribution in [0.5, 0.6) is 0 Å². The van der Waals surface area contributed by atoms with Crippen LogP contribution in [0.2, 0.25) is 5.02 Å². The van der Waals surface area contributed by atoms with Crippen molar-refractivity contribution in [1.29, 1.82) is 5.41 Å². The van der Waals surface area contributed by atoms with Crippen molar-refractivity contribution in [3.05, 3.63) is 39.8 Å². The summed E-state index contributed by atoms with van der Waals surface area (Å²) in [5.74, 6) is 0.421. The van der Waals surface area contributed by atoms with Gasteiger partial charge in [-0.05, 0) is 49.5 Å². The van der Waals surface area contributed by atoms with Crippen molar-refractivity contribution >= 4 is 46.3 Å². The molecule has 0 radical (unpaired) electrons. The van der Waals surface area contributed by atoms with Gasteiger partial charge in [-0.3, -0.25) is 4.90 Å². The zero-order valence-electron chi connectivity index (χ0n) is 17.6. The van der Waals surface area contributed by atoms with E-state index in [1.807, 2.05) is 17.4 Å². The number of rotatable bonds is 7. The molecule has 0 unspecified atom stereocenters. The van der Waals surface area contributed by atoms with Crippen LogP contribution in [-0.2, 0) is 4.74 Å². The van der Waals surface area contributed by atoms with Gasteiger partial charge in [-0.1, -0.05) is 23.2 Å². The number of nitrogens with one attached hydrogen (secondary N) is 3. The third-order valence-corrected chi connectivity index (χ3v) is 6.54. The minimum Gasteiger partial charge on any atom is -0.378 e. The molecule has 1 aromatic carbocycles. The summed E-state index contributed by atoms with van der Waals surface area (Å²) in [5, 5.41) is 13.2. The lowest BCUT2D eigenvalue weighted by Gasteiger charge is -2.41. The lowest BCUT2D eigenvalue weighted by Crippen LogP contribution is -2.51. The van der Waals surface area contributed by atoms with Crippen LogP contribution in [0.15, 0.2) is 29.2 Å². The van der Waals surface area contributed by atoms with Crippen LogP contribution in [0, 0.1) is 5.41 Å². The van der Waals surface area contributed by atoms with Gasteiger partial charge in [0.2, 0.25) is 5.95 Å². The van der Waals surface area contributed by atoms with E-state index in [1.54, 1.807) is 6.20 Å². The molecule has 7 nitrogen and oxygen atoms in total. The van der Waals surface area contributed by atoms with Gasteiger partial charge in [0.1, 0.15) is 11.7 Å². The summed E-state index contributed by atoms with van der Waals surface area (Å²) in [5.41, 5.74) is 1.58. The molecule has 0 spiro atoms. The Morgan fingerprint density at radius 3 is 2.61 bits per heavy atom. The van der Waals surface area contributed by atoms with Gasteiger partial charge in [0.15, 0.2) is 0 Å². The number of fused-ring (bicyclic) bond motifs is 1. The van der Waals surface area contributed by atoms with Gasteiger partial charge < -0.3 is 20.8 Å². The SMILES string of the molecule is N=C/C(Nc1ncc2cc(Cl)c(C3CCN(C4COC4)CC3)cc2n1)=C(/Cl)NCC(F)(F)F. The van der Waals surface area contributed by atoms with Gasteiger partial charge >= 0.3 is 6.18 Å². The molecule has 178 valence electrons. The third-order valence-electron chi connectivity index (χ3n) is 5.88. The van der Waals surface area contributed by atoms with Crippen molar-refractivity contribution in [2.24, 2.45) is 0 Å². The number of piperidine rings is 1. The Morgan fingerprint density at radius 2 is 2.00 bits per heavy atom. The number of allylic oxidation sites excluding steroid dienone is 1. The number of hydrogen-bond donors (Lipinski definition) is 3. The fourth-order valence-electron chi connectivity index (χ4n) is 4.00. The summed E-state index contributed by atoms with van der Waals surface area (Å²) in [7, 11) is 0. The molecule has 4 rings (SSSR count). The van der Waals surface area contributed by atoms with E-state index in [2.05, 4.69) is 20.2 Å². The van der Waals surface area contributed by atoms with Crippen LogP contribution >= 0.6 is 23.2 Å². The molecule has 2 saturated heterocycles. The van der Waals surface area contributed by atoms with E-state index >= 15 is 0 Å². The van der Waals surface area contributed by atoms with Crippen molar-refractivity contribution in [2.75, 3.05) is 38.2 Å². The topological polar surface area (TPSA) is 86.2 Å². The minimum absolute atomic E-state index is 0.0817. The van der Waals surface area contributed by atoms with Crippen molar-refractivity contribution < 1.29 is 17.9 Å². The van der Waals surface area contributed by atoms with Crippen molar-refractivity contribution in [1.82, 2.24) is 20.2 Å². The summed E-state index contributed by atoms with van der Waals surface area (Å²) in [6.07, 6.45) is -0.103. The van der Waals surface area contributed by atoms with Gasteiger partial charge in [0.25, 0.3) is 0 Å². The number of nitrogens with zero attached hydrogens (tertiary/aromatic N) is 3. The molecule has 0 saturated carbocycles. The first-order valence-electron chi connectivity index (χ1n) is 10.5. The first-order valence-corrected chi connectivity index (χ1v) is 11.2. The average Bonchev–Trinajstić information content (AvgIpc) is 2.74. The number of aromatic nitrogens is 2. The summed E-state index contributed by atoms with van der Waals surface area (Å²) < 4.78 is 42.6. The summed E-state index contributed by atoms with van der Waals surface area (Å²) in [6, 6.07) is 4.29. The number of anilines is 1. The van der Waals surface area contributed by atoms with Gasteiger partial charge in [-0.2, -0.15) is 13.2 Å². The predicted octanol–water partition coefficient (Wildman–Crippen LogP) is 4.48. The molecule has 0 atom stereocenters. The summed E-state index contributed by atoms with van der Waals surface area (Å²) in [6.45, 7) is 2.25. The molecular formula is C21H23Cl2F3N6O. The molecule has 1 aromatic heterocycles. The molecule has 0 bridgehead atoms. The molecule has 12 heteroatoms. The molecule has 3 heterocycles. The van der Waals surface area contributed by atoms with Gasteiger partial charge in [0.05, 0.1) is 30.5 Å². The lowest BCUT2D eigenvalue weighted by molar-refractivity contribution is -0.123. The second kappa shape index (κ2) is 10.0. The van der Waals surface area contributed by atoms with Crippen LogP contribution < -0.4 is 10.6 Å². The van der Waals surface area contributed by atoms with E-state index in [0.29, 0.717) is 22.5 Å². The Morgan fingerprint density at radius 1 is 1.27 bits per heavy atom. The highest BCUT2D eigenvalue weighted by atomic mass is 35.5. The maximum atomic E-state index is 12.4. The Balaban J connectivity index is 1.51.